The van der Waals surface area contributed by atoms with Crippen molar-refractivity contribution in [2.45, 2.75) is 31.4 Å². The van der Waals surface area contributed by atoms with Gasteiger partial charge in [-0.3, -0.25) is 19.7 Å². The number of anilines is 2. The van der Waals surface area contributed by atoms with Crippen LogP contribution < -0.4 is 15.3 Å². The molecule has 186 valence electrons. The van der Waals surface area contributed by atoms with Crippen LogP contribution in [-0.2, 0) is 9.63 Å². The minimum atomic E-state index is -0.393. The number of nitrogens with zero attached hydrogens (tertiary/aromatic N) is 3. The van der Waals surface area contributed by atoms with E-state index < -0.39 is 4.92 Å². The molecule has 1 N–H and O–H groups in total. The van der Waals surface area contributed by atoms with E-state index >= 15 is 0 Å². The largest absolute Gasteiger partial charge is 0.371 e. The fourth-order valence-corrected chi connectivity index (χ4v) is 5.05. The van der Waals surface area contributed by atoms with Gasteiger partial charge in [-0.25, -0.2) is 5.06 Å². The number of non-ortho nitro benzene ring substituents is 1. The number of nitro benzene ring substituents is 1. The van der Waals surface area contributed by atoms with Crippen LogP contribution in [0.5, 0.6) is 0 Å². The Bertz CT molecular complexity index is 1120. The number of hydrogen-bond donors (Lipinski definition) is 1. The van der Waals surface area contributed by atoms with Crippen molar-refractivity contribution in [3.63, 3.8) is 0 Å². The quantitative estimate of drug-likeness (QED) is 0.378. The molecule has 0 aromatic heterocycles. The number of hydroxylamine groups is 1. The molecule has 0 aliphatic carbocycles. The predicted molar refractivity (Wildman–Crippen MR) is 139 cm³/mol. The maximum absolute atomic E-state index is 12.9. The van der Waals surface area contributed by atoms with Crippen LogP contribution in [0.4, 0.5) is 17.1 Å². The van der Waals surface area contributed by atoms with Gasteiger partial charge in [-0.2, -0.15) is 0 Å². The molecule has 2 saturated heterocycles. The summed E-state index contributed by atoms with van der Waals surface area (Å²) in [5.74, 6) is 0.0206. The Morgan fingerprint density at radius 1 is 0.917 bits per heavy atom. The third kappa shape index (κ3) is 5.33. The van der Waals surface area contributed by atoms with Crippen molar-refractivity contribution in [2.75, 3.05) is 29.6 Å². The summed E-state index contributed by atoms with van der Waals surface area (Å²) in [5, 5.41) is 16.0. The van der Waals surface area contributed by atoms with E-state index in [1.807, 2.05) is 53.6 Å². The summed E-state index contributed by atoms with van der Waals surface area (Å²) >= 11 is 0. The number of nitro groups is 1. The Balaban J connectivity index is 1.15. The number of carbonyl (C=O) groups excluding carboxylic acids is 1. The zero-order valence-electron chi connectivity index (χ0n) is 20.0. The van der Waals surface area contributed by atoms with Crippen LogP contribution in [0.3, 0.4) is 0 Å². The van der Waals surface area contributed by atoms with Crippen LogP contribution in [-0.4, -0.2) is 36.6 Å². The summed E-state index contributed by atoms with van der Waals surface area (Å²) in [5.41, 5.74) is 3.22. The molecule has 2 aliphatic rings. The molecule has 8 heteroatoms. The molecule has 2 heterocycles. The topological polar surface area (TPSA) is 88.0 Å². The first-order valence-electron chi connectivity index (χ1n) is 12.4. The Hall–Kier alpha value is -3.91. The number of carbonyl (C=O) groups is 1. The lowest BCUT2D eigenvalue weighted by atomic mass is 9.95. The van der Waals surface area contributed by atoms with Crippen LogP contribution in [0.25, 0.3) is 0 Å². The first-order valence-corrected chi connectivity index (χ1v) is 12.4. The Morgan fingerprint density at radius 3 is 2.19 bits per heavy atom. The third-order valence-corrected chi connectivity index (χ3v) is 7.02. The van der Waals surface area contributed by atoms with E-state index in [0.29, 0.717) is 6.54 Å². The highest BCUT2D eigenvalue weighted by Crippen LogP contribution is 2.37. The molecule has 2 aliphatic heterocycles. The minimum absolute atomic E-state index is 0.0455. The number of amides is 1. The van der Waals surface area contributed by atoms with E-state index in [9.17, 15) is 14.9 Å². The Labute approximate surface area is 210 Å². The zero-order valence-corrected chi connectivity index (χ0v) is 20.0. The molecule has 3 aromatic carbocycles. The van der Waals surface area contributed by atoms with Crippen molar-refractivity contribution in [1.29, 1.82) is 0 Å². The van der Waals surface area contributed by atoms with E-state index in [0.717, 1.165) is 43.7 Å². The smallest absolute Gasteiger partial charge is 0.269 e. The molecule has 0 spiro atoms. The zero-order chi connectivity index (χ0) is 24.9. The van der Waals surface area contributed by atoms with E-state index in [1.165, 1.54) is 17.7 Å². The third-order valence-electron chi connectivity index (χ3n) is 7.02. The molecule has 36 heavy (non-hydrogen) atoms. The monoisotopic (exact) mass is 486 g/mol. The second-order valence-electron chi connectivity index (χ2n) is 9.33. The van der Waals surface area contributed by atoms with Gasteiger partial charge in [0.15, 0.2) is 0 Å². The van der Waals surface area contributed by atoms with Crippen molar-refractivity contribution in [3.05, 3.63) is 101 Å². The summed E-state index contributed by atoms with van der Waals surface area (Å²) in [6.45, 7) is 1.95. The van der Waals surface area contributed by atoms with Crippen molar-refractivity contribution in [2.24, 2.45) is 5.92 Å². The van der Waals surface area contributed by atoms with Crippen LogP contribution >= 0.6 is 0 Å². The first kappa shape index (κ1) is 23.8. The molecular weight excluding hydrogens is 456 g/mol. The lowest BCUT2D eigenvalue weighted by molar-refractivity contribution is -0.384. The van der Waals surface area contributed by atoms with Gasteiger partial charge < -0.3 is 10.2 Å². The number of benzene rings is 3. The van der Waals surface area contributed by atoms with E-state index in [4.69, 9.17) is 4.84 Å². The molecule has 3 aromatic rings. The average molecular weight is 487 g/mol. The standard InChI is InChI=1S/C28H30N4O4/c33-28(22-15-17-30(18-16-22)23-11-13-25(14-12-23)32(34)35)29-20-26-19-27(21-7-3-1-4-8-21)31(36-26)24-9-5-2-6-10-24/h1-14,22,26-27H,15-20H2,(H,29,33)/t26-,27+/m0/s1. The molecular formula is C28H30N4O4. The number of hydrogen-bond acceptors (Lipinski definition) is 6. The second kappa shape index (κ2) is 10.8. The molecule has 8 nitrogen and oxygen atoms in total. The van der Waals surface area contributed by atoms with Crippen LogP contribution in [0, 0.1) is 16.0 Å². The number of rotatable bonds is 7. The molecule has 0 unspecified atom stereocenters. The summed E-state index contributed by atoms with van der Waals surface area (Å²) in [6.07, 6.45) is 2.17. The van der Waals surface area contributed by atoms with Gasteiger partial charge in [-0.1, -0.05) is 48.5 Å². The maximum Gasteiger partial charge on any atom is 0.269 e. The van der Waals surface area contributed by atoms with Gasteiger partial charge in [0.25, 0.3) is 5.69 Å². The van der Waals surface area contributed by atoms with Crippen molar-refractivity contribution < 1.29 is 14.6 Å². The van der Waals surface area contributed by atoms with Gasteiger partial charge in [0.2, 0.25) is 5.91 Å². The van der Waals surface area contributed by atoms with Gasteiger partial charge in [0.05, 0.1) is 16.7 Å². The van der Waals surface area contributed by atoms with E-state index in [2.05, 4.69) is 22.3 Å². The van der Waals surface area contributed by atoms with Crippen molar-refractivity contribution >= 4 is 23.0 Å². The molecule has 5 rings (SSSR count). The van der Waals surface area contributed by atoms with Gasteiger partial charge in [-0.05, 0) is 42.7 Å². The molecule has 0 bridgehead atoms. The second-order valence-corrected chi connectivity index (χ2v) is 9.33. The molecule has 2 fully saturated rings. The van der Waals surface area contributed by atoms with Crippen molar-refractivity contribution in [1.82, 2.24) is 5.32 Å². The number of para-hydroxylation sites is 1. The highest BCUT2D eigenvalue weighted by molar-refractivity contribution is 5.79. The van der Waals surface area contributed by atoms with Gasteiger partial charge in [0.1, 0.15) is 6.10 Å². The summed E-state index contributed by atoms with van der Waals surface area (Å²) in [7, 11) is 0. The fourth-order valence-electron chi connectivity index (χ4n) is 5.05. The van der Waals surface area contributed by atoms with Gasteiger partial charge >= 0.3 is 0 Å². The summed E-state index contributed by atoms with van der Waals surface area (Å²) < 4.78 is 0. The van der Waals surface area contributed by atoms with Crippen molar-refractivity contribution in [3.8, 4) is 0 Å². The molecule has 2 atom stereocenters. The summed E-state index contributed by atoms with van der Waals surface area (Å²) in [4.78, 5) is 31.9. The molecule has 0 radical (unpaired) electrons. The predicted octanol–water partition coefficient (Wildman–Crippen LogP) is 4.88. The van der Waals surface area contributed by atoms with E-state index in [-0.39, 0.29) is 29.7 Å². The number of piperidine rings is 1. The highest BCUT2D eigenvalue weighted by atomic mass is 16.7. The SMILES string of the molecule is O=C(NC[C@@H]1C[C@H](c2ccccc2)N(c2ccccc2)O1)C1CCN(c2ccc([N+](=O)[O-])cc2)CC1. The minimum Gasteiger partial charge on any atom is -0.371 e. The van der Waals surface area contributed by atoms with Crippen LogP contribution in [0.1, 0.15) is 30.9 Å². The fraction of sp³-hybridized carbons (Fsp3) is 0.321. The van der Waals surface area contributed by atoms with Crippen LogP contribution in [0.2, 0.25) is 0 Å². The normalized spacial score (nSPS) is 20.3. The van der Waals surface area contributed by atoms with Crippen LogP contribution in [0.15, 0.2) is 84.9 Å². The summed E-state index contributed by atoms with van der Waals surface area (Å²) in [6, 6.07) is 27.1. The lowest BCUT2D eigenvalue weighted by Crippen LogP contribution is -2.42. The number of nitrogens with one attached hydrogen (secondary N) is 1. The first-order chi connectivity index (χ1) is 17.6. The Kier molecular flexibility index (Phi) is 7.13. The average Bonchev–Trinajstić information content (AvgIpc) is 3.37. The molecule has 1 amide bonds. The van der Waals surface area contributed by atoms with Gasteiger partial charge in [-0.15, -0.1) is 0 Å². The Morgan fingerprint density at radius 2 is 1.56 bits per heavy atom. The molecule has 0 saturated carbocycles. The lowest BCUT2D eigenvalue weighted by Gasteiger charge is -2.33. The van der Waals surface area contributed by atoms with E-state index in [1.54, 1.807) is 12.1 Å². The highest BCUT2D eigenvalue weighted by Gasteiger charge is 2.35. The van der Waals surface area contributed by atoms with Gasteiger partial charge in [0, 0.05) is 49.8 Å². The maximum atomic E-state index is 12.9.